The monoisotopic (exact) mass is 802 g/mol. The molecule has 1 fully saturated rings. The molecular formula is C45H87NO10. The quantitative estimate of drug-likeness (QED) is 0.0233. The number of amides is 1. The number of hydrogen-bond acceptors (Lipinski definition) is 10. The van der Waals surface area contributed by atoms with E-state index >= 15 is 0 Å². The summed E-state index contributed by atoms with van der Waals surface area (Å²) in [7, 11) is 0. The van der Waals surface area contributed by atoms with Gasteiger partial charge < -0.3 is 50.5 Å². The van der Waals surface area contributed by atoms with Crippen molar-refractivity contribution in [3.05, 3.63) is 12.2 Å². The van der Waals surface area contributed by atoms with E-state index in [1.54, 1.807) is 0 Å². The maximum atomic E-state index is 13.1. The fourth-order valence-corrected chi connectivity index (χ4v) is 7.43. The molecule has 0 aliphatic carbocycles. The summed E-state index contributed by atoms with van der Waals surface area (Å²) in [6.45, 7) is 3.41. The van der Waals surface area contributed by atoms with Crippen molar-refractivity contribution in [3.63, 3.8) is 0 Å². The Bertz CT molecular complexity index is 923. The van der Waals surface area contributed by atoms with Crippen LogP contribution in [0.3, 0.4) is 0 Å². The van der Waals surface area contributed by atoms with Crippen LogP contribution in [0.2, 0.25) is 0 Å². The van der Waals surface area contributed by atoms with E-state index in [9.17, 15) is 40.5 Å². The van der Waals surface area contributed by atoms with Gasteiger partial charge in [0.05, 0.1) is 25.4 Å². The summed E-state index contributed by atoms with van der Waals surface area (Å²) < 4.78 is 11.1. The van der Waals surface area contributed by atoms with E-state index < -0.39 is 74.2 Å². The van der Waals surface area contributed by atoms with Crippen molar-refractivity contribution in [2.24, 2.45) is 0 Å². The molecule has 1 amide bonds. The minimum atomic E-state index is -1.66. The highest BCUT2D eigenvalue weighted by Gasteiger charge is 2.44. The second-order valence-corrected chi connectivity index (χ2v) is 16.5. The average Bonchev–Trinajstić information content (AvgIpc) is 3.20. The van der Waals surface area contributed by atoms with Gasteiger partial charge in [-0.25, -0.2) is 0 Å². The predicted molar refractivity (Wildman–Crippen MR) is 224 cm³/mol. The summed E-state index contributed by atoms with van der Waals surface area (Å²) in [6, 6.07) is -1.16. The largest absolute Gasteiger partial charge is 0.394 e. The Morgan fingerprint density at radius 2 is 1.04 bits per heavy atom. The Labute approximate surface area is 341 Å². The van der Waals surface area contributed by atoms with Gasteiger partial charge in [0, 0.05) is 0 Å². The summed E-state index contributed by atoms with van der Waals surface area (Å²) in [5.74, 6) is -0.699. The number of carbonyl (C=O) groups is 1. The Balaban J connectivity index is 2.41. The number of hydrogen-bond donors (Lipinski definition) is 8. The first-order valence-corrected chi connectivity index (χ1v) is 23.1. The smallest absolute Gasteiger partial charge is 0.249 e. The molecule has 0 aromatic heterocycles. The molecule has 1 heterocycles. The van der Waals surface area contributed by atoms with Crippen LogP contribution >= 0.6 is 0 Å². The molecule has 1 saturated heterocycles. The molecule has 0 bridgehead atoms. The fraction of sp³-hybridized carbons (Fsp3) is 0.933. The van der Waals surface area contributed by atoms with Gasteiger partial charge in [0.15, 0.2) is 6.29 Å². The molecule has 0 aromatic rings. The first-order chi connectivity index (χ1) is 27.2. The van der Waals surface area contributed by atoms with Crippen LogP contribution in [0.4, 0.5) is 0 Å². The van der Waals surface area contributed by atoms with Crippen LogP contribution in [-0.4, -0.2) is 110 Å². The van der Waals surface area contributed by atoms with Crippen LogP contribution in [0.1, 0.15) is 200 Å². The van der Waals surface area contributed by atoms with Gasteiger partial charge in [-0.3, -0.25) is 4.79 Å². The number of aliphatic hydroxyl groups excluding tert-OH is 7. The molecule has 11 heteroatoms. The van der Waals surface area contributed by atoms with Gasteiger partial charge >= 0.3 is 0 Å². The van der Waals surface area contributed by atoms with E-state index in [2.05, 4.69) is 31.3 Å². The Hall–Kier alpha value is -1.15. The number of rotatable bonds is 38. The highest BCUT2D eigenvalue weighted by Crippen LogP contribution is 2.23. The molecule has 1 aliphatic heterocycles. The summed E-state index contributed by atoms with van der Waals surface area (Å²) >= 11 is 0. The standard InChI is InChI=1S/C45H87NO10/c1-3-5-7-9-11-13-15-16-17-18-19-20-21-22-23-25-27-29-31-33-38(49)44(54)46-36(35-55-45-43(53)42(52)41(51)39(34-47)56-45)40(50)37(48)32-30-28-26-24-14-12-10-8-6-4-2/h16-17,36-43,45,47-53H,3-15,18-35H2,1-2H3,(H,46,54). The van der Waals surface area contributed by atoms with Crippen LogP contribution in [-0.2, 0) is 14.3 Å². The minimum absolute atomic E-state index is 0.260. The zero-order chi connectivity index (χ0) is 41.2. The number of unbranched alkanes of at least 4 members (excludes halogenated alkanes) is 24. The third-order valence-corrected chi connectivity index (χ3v) is 11.3. The van der Waals surface area contributed by atoms with E-state index in [0.29, 0.717) is 19.3 Å². The van der Waals surface area contributed by atoms with Crippen LogP contribution in [0.5, 0.6) is 0 Å². The van der Waals surface area contributed by atoms with Gasteiger partial charge in [-0.1, -0.05) is 174 Å². The highest BCUT2D eigenvalue weighted by atomic mass is 16.7. The second-order valence-electron chi connectivity index (χ2n) is 16.5. The number of carbonyl (C=O) groups excluding carboxylic acids is 1. The summed E-state index contributed by atoms with van der Waals surface area (Å²) in [6.07, 6.45) is 25.5. The minimum Gasteiger partial charge on any atom is -0.394 e. The maximum absolute atomic E-state index is 13.1. The normalized spacial score (nSPS) is 22.3. The first-order valence-electron chi connectivity index (χ1n) is 23.1. The SMILES string of the molecule is CCCCCCCCC=CCCCCCCCCCCCC(O)C(=O)NC(COC1OC(CO)C(O)C(O)C1O)C(O)C(O)CCCCCCCCCCCC. The fourth-order valence-electron chi connectivity index (χ4n) is 7.43. The third kappa shape index (κ3) is 25.4. The highest BCUT2D eigenvalue weighted by molar-refractivity contribution is 5.80. The number of allylic oxidation sites excluding steroid dienone is 2. The number of aliphatic hydroxyl groups is 7. The maximum Gasteiger partial charge on any atom is 0.249 e. The molecule has 11 nitrogen and oxygen atoms in total. The Morgan fingerprint density at radius 1 is 0.607 bits per heavy atom. The summed E-state index contributed by atoms with van der Waals surface area (Å²) in [5, 5.41) is 75.5. The van der Waals surface area contributed by atoms with E-state index in [4.69, 9.17) is 9.47 Å². The molecule has 0 aromatic carbocycles. The lowest BCUT2D eigenvalue weighted by molar-refractivity contribution is -0.303. The van der Waals surface area contributed by atoms with Crippen molar-refractivity contribution < 1.29 is 50.0 Å². The molecule has 9 unspecified atom stereocenters. The van der Waals surface area contributed by atoms with Crippen LogP contribution < -0.4 is 5.32 Å². The summed E-state index contributed by atoms with van der Waals surface area (Å²) in [4.78, 5) is 13.1. The lowest BCUT2D eigenvalue weighted by atomic mass is 9.98. The van der Waals surface area contributed by atoms with Crippen LogP contribution in [0.15, 0.2) is 12.2 Å². The topological polar surface area (TPSA) is 189 Å². The zero-order valence-electron chi connectivity index (χ0n) is 35.6. The van der Waals surface area contributed by atoms with Crippen LogP contribution in [0, 0.1) is 0 Å². The first kappa shape index (κ1) is 52.9. The molecule has 9 atom stereocenters. The zero-order valence-corrected chi connectivity index (χ0v) is 35.6. The van der Waals surface area contributed by atoms with Gasteiger partial charge in [-0.2, -0.15) is 0 Å². The van der Waals surface area contributed by atoms with E-state index in [-0.39, 0.29) is 6.42 Å². The number of ether oxygens (including phenoxy) is 2. The van der Waals surface area contributed by atoms with E-state index in [1.807, 2.05) is 0 Å². The van der Waals surface area contributed by atoms with Crippen molar-refractivity contribution in [3.8, 4) is 0 Å². The lowest BCUT2D eigenvalue weighted by Crippen LogP contribution is -2.60. The molecule has 1 rings (SSSR count). The number of nitrogens with one attached hydrogen (secondary N) is 1. The molecule has 56 heavy (non-hydrogen) atoms. The molecule has 0 spiro atoms. The van der Waals surface area contributed by atoms with Crippen molar-refractivity contribution >= 4 is 5.91 Å². The third-order valence-electron chi connectivity index (χ3n) is 11.3. The predicted octanol–water partition coefficient (Wildman–Crippen LogP) is 7.28. The molecular weight excluding hydrogens is 714 g/mol. The molecule has 0 radical (unpaired) electrons. The van der Waals surface area contributed by atoms with Gasteiger partial charge in [-0.05, 0) is 38.5 Å². The lowest BCUT2D eigenvalue weighted by Gasteiger charge is -2.40. The second kappa shape index (κ2) is 35.8. The van der Waals surface area contributed by atoms with Crippen molar-refractivity contribution in [2.45, 2.75) is 255 Å². The Kier molecular flexibility index (Phi) is 33.8. The molecule has 0 saturated carbocycles. The van der Waals surface area contributed by atoms with Crippen molar-refractivity contribution in [2.75, 3.05) is 13.2 Å². The van der Waals surface area contributed by atoms with E-state index in [0.717, 1.165) is 38.5 Å². The van der Waals surface area contributed by atoms with Crippen molar-refractivity contribution in [1.82, 2.24) is 5.32 Å². The summed E-state index contributed by atoms with van der Waals surface area (Å²) in [5.41, 5.74) is 0. The van der Waals surface area contributed by atoms with E-state index in [1.165, 1.54) is 122 Å². The average molecular weight is 802 g/mol. The van der Waals surface area contributed by atoms with Crippen molar-refractivity contribution in [1.29, 1.82) is 0 Å². The van der Waals surface area contributed by atoms with Crippen LogP contribution in [0.25, 0.3) is 0 Å². The molecule has 332 valence electrons. The molecule has 1 aliphatic rings. The Morgan fingerprint density at radius 3 is 1.50 bits per heavy atom. The molecule has 8 N–H and O–H groups in total. The van der Waals surface area contributed by atoms with Gasteiger partial charge in [0.2, 0.25) is 5.91 Å². The van der Waals surface area contributed by atoms with Gasteiger partial charge in [0.25, 0.3) is 0 Å². The van der Waals surface area contributed by atoms with Gasteiger partial charge in [-0.15, -0.1) is 0 Å². The van der Waals surface area contributed by atoms with Gasteiger partial charge in [0.1, 0.15) is 36.6 Å².